The van der Waals surface area contributed by atoms with Crippen LogP contribution in [0.25, 0.3) is 11.3 Å². The fourth-order valence-corrected chi connectivity index (χ4v) is 4.95. The average Bonchev–Trinajstić information content (AvgIpc) is 2.91. The Morgan fingerprint density at radius 3 is 2.70 bits per heavy atom. The molecule has 37 heavy (non-hydrogen) atoms. The van der Waals surface area contributed by atoms with E-state index in [2.05, 4.69) is 26.3 Å². The SMILES string of the molecule is CC(Nc1ccc2c(c1)Cc1cccc(-c3cc(N4CCOCC4)cc(=O)[nH]3)c1O2)c1cccc(F)n1. The topological polar surface area (TPSA) is 79.5 Å². The first-order valence-corrected chi connectivity index (χ1v) is 12.4. The van der Waals surface area contributed by atoms with E-state index >= 15 is 0 Å². The molecule has 2 aromatic carbocycles. The Morgan fingerprint density at radius 2 is 1.86 bits per heavy atom. The van der Waals surface area contributed by atoms with E-state index in [1.807, 2.05) is 43.3 Å². The number of H-pyrrole nitrogens is 1. The number of halogens is 1. The Hall–Kier alpha value is -4.17. The highest BCUT2D eigenvalue weighted by atomic mass is 19.1. The molecule has 0 bridgehead atoms. The lowest BCUT2D eigenvalue weighted by molar-refractivity contribution is 0.122. The Labute approximate surface area is 213 Å². The van der Waals surface area contributed by atoms with Crippen LogP contribution in [-0.4, -0.2) is 36.3 Å². The number of anilines is 2. The molecule has 0 amide bonds. The van der Waals surface area contributed by atoms with Crippen molar-refractivity contribution in [3.05, 3.63) is 99.9 Å². The van der Waals surface area contributed by atoms with Gasteiger partial charge in [-0.25, -0.2) is 4.98 Å². The van der Waals surface area contributed by atoms with Crippen LogP contribution in [0.15, 0.2) is 71.5 Å². The highest BCUT2D eigenvalue weighted by Crippen LogP contribution is 2.43. The van der Waals surface area contributed by atoms with Crippen LogP contribution < -0.4 is 20.5 Å². The fraction of sp³-hybridized carbons (Fsp3) is 0.241. The third-order valence-electron chi connectivity index (χ3n) is 6.81. The van der Waals surface area contributed by atoms with Crippen molar-refractivity contribution in [3.8, 4) is 22.8 Å². The number of hydrogen-bond acceptors (Lipinski definition) is 6. The van der Waals surface area contributed by atoms with E-state index in [1.165, 1.54) is 6.07 Å². The van der Waals surface area contributed by atoms with E-state index < -0.39 is 5.95 Å². The van der Waals surface area contributed by atoms with Gasteiger partial charge in [-0.2, -0.15) is 4.39 Å². The molecule has 4 aromatic rings. The molecule has 188 valence electrons. The standard InChI is InChI=1S/C29H27FN4O3/c1-18(24-6-3-7-27(30)32-24)31-21-8-9-26-20(15-21)14-19-4-2-5-23(29(19)37-26)25-16-22(17-28(35)33-25)34-10-12-36-13-11-34/h2-9,15-18,31H,10-14H2,1H3,(H,33,35). The first kappa shape index (κ1) is 23.2. The predicted octanol–water partition coefficient (Wildman–Crippen LogP) is 5.28. The average molecular weight is 499 g/mol. The molecule has 2 N–H and O–H groups in total. The lowest BCUT2D eigenvalue weighted by Gasteiger charge is -2.29. The van der Waals surface area contributed by atoms with Crippen LogP contribution in [-0.2, 0) is 11.2 Å². The minimum absolute atomic E-state index is 0.148. The van der Waals surface area contributed by atoms with Crippen molar-refractivity contribution in [1.29, 1.82) is 0 Å². The summed E-state index contributed by atoms with van der Waals surface area (Å²) in [5, 5.41) is 3.40. The summed E-state index contributed by atoms with van der Waals surface area (Å²) in [6, 6.07) is 20.2. The zero-order valence-corrected chi connectivity index (χ0v) is 20.5. The Balaban J connectivity index is 1.27. The monoisotopic (exact) mass is 498 g/mol. The third kappa shape index (κ3) is 4.80. The van der Waals surface area contributed by atoms with Crippen LogP contribution in [0.1, 0.15) is 29.8 Å². The first-order valence-electron chi connectivity index (χ1n) is 12.4. The van der Waals surface area contributed by atoms with Crippen LogP contribution in [0.3, 0.4) is 0 Å². The molecule has 2 aliphatic rings. The second-order valence-corrected chi connectivity index (χ2v) is 9.36. The lowest BCUT2D eigenvalue weighted by atomic mass is 9.96. The number of ether oxygens (including phenoxy) is 2. The maximum atomic E-state index is 13.5. The van der Waals surface area contributed by atoms with Gasteiger partial charge in [0.25, 0.3) is 0 Å². The number of para-hydroxylation sites is 1. The molecule has 4 heterocycles. The van der Waals surface area contributed by atoms with Gasteiger partial charge < -0.3 is 24.7 Å². The zero-order valence-electron chi connectivity index (χ0n) is 20.5. The van der Waals surface area contributed by atoms with E-state index in [9.17, 15) is 9.18 Å². The summed E-state index contributed by atoms with van der Waals surface area (Å²) in [5.41, 5.74) is 5.94. The summed E-state index contributed by atoms with van der Waals surface area (Å²) in [4.78, 5) is 21.7. The minimum Gasteiger partial charge on any atom is -0.456 e. The second kappa shape index (κ2) is 9.71. The number of pyridine rings is 2. The predicted molar refractivity (Wildman–Crippen MR) is 141 cm³/mol. The molecule has 7 nitrogen and oxygen atoms in total. The van der Waals surface area contributed by atoms with Crippen LogP contribution >= 0.6 is 0 Å². The van der Waals surface area contributed by atoms with Crippen LogP contribution in [0, 0.1) is 5.95 Å². The van der Waals surface area contributed by atoms with Gasteiger partial charge in [-0.05, 0) is 55.0 Å². The van der Waals surface area contributed by atoms with Crippen LogP contribution in [0.5, 0.6) is 11.5 Å². The fourth-order valence-electron chi connectivity index (χ4n) is 4.95. The smallest absolute Gasteiger partial charge is 0.250 e. The second-order valence-electron chi connectivity index (χ2n) is 9.36. The molecule has 2 aromatic heterocycles. The highest BCUT2D eigenvalue weighted by molar-refractivity contribution is 5.74. The maximum absolute atomic E-state index is 13.5. The zero-order chi connectivity index (χ0) is 25.4. The summed E-state index contributed by atoms with van der Waals surface area (Å²) in [6.07, 6.45) is 0.689. The number of nitrogens with zero attached hydrogens (tertiary/aromatic N) is 2. The first-order chi connectivity index (χ1) is 18.0. The molecule has 8 heteroatoms. The van der Waals surface area contributed by atoms with E-state index in [-0.39, 0.29) is 11.6 Å². The van der Waals surface area contributed by atoms with Crippen molar-refractivity contribution in [3.63, 3.8) is 0 Å². The summed E-state index contributed by atoms with van der Waals surface area (Å²) in [5.74, 6) is 1.03. The molecule has 6 rings (SSSR count). The van der Waals surface area contributed by atoms with Gasteiger partial charge in [0, 0.05) is 48.1 Å². The number of fused-ring (bicyclic) bond motifs is 2. The van der Waals surface area contributed by atoms with Crippen molar-refractivity contribution in [2.24, 2.45) is 0 Å². The molecular weight excluding hydrogens is 471 g/mol. The quantitative estimate of drug-likeness (QED) is 0.321. The third-order valence-corrected chi connectivity index (χ3v) is 6.81. The number of hydrogen-bond donors (Lipinski definition) is 2. The van der Waals surface area contributed by atoms with Crippen molar-refractivity contribution in [2.45, 2.75) is 19.4 Å². The van der Waals surface area contributed by atoms with Gasteiger partial charge in [0.05, 0.1) is 30.6 Å². The number of morpholine rings is 1. The summed E-state index contributed by atoms with van der Waals surface area (Å²) < 4.78 is 25.4. The number of aromatic amines is 1. The molecule has 1 atom stereocenters. The van der Waals surface area contributed by atoms with E-state index in [0.717, 1.165) is 58.3 Å². The van der Waals surface area contributed by atoms with Crippen LogP contribution in [0.2, 0.25) is 0 Å². The lowest BCUT2D eigenvalue weighted by Crippen LogP contribution is -2.36. The van der Waals surface area contributed by atoms with E-state index in [4.69, 9.17) is 9.47 Å². The van der Waals surface area contributed by atoms with Gasteiger partial charge >= 0.3 is 0 Å². The van der Waals surface area contributed by atoms with E-state index in [1.54, 1.807) is 18.2 Å². The summed E-state index contributed by atoms with van der Waals surface area (Å²) >= 11 is 0. The summed E-state index contributed by atoms with van der Waals surface area (Å²) in [7, 11) is 0. The molecule has 0 spiro atoms. The van der Waals surface area contributed by atoms with Gasteiger partial charge in [-0.3, -0.25) is 4.79 Å². The van der Waals surface area contributed by atoms with Gasteiger partial charge in [0.15, 0.2) is 0 Å². The number of benzene rings is 2. The van der Waals surface area contributed by atoms with Gasteiger partial charge in [-0.15, -0.1) is 0 Å². The van der Waals surface area contributed by atoms with Crippen molar-refractivity contribution >= 4 is 11.4 Å². The summed E-state index contributed by atoms with van der Waals surface area (Å²) in [6.45, 7) is 4.76. The molecule has 0 saturated carbocycles. The number of aromatic nitrogens is 2. The Kier molecular flexibility index (Phi) is 6.10. The number of rotatable bonds is 5. The Bertz CT molecular complexity index is 1510. The van der Waals surface area contributed by atoms with Crippen molar-refractivity contribution < 1.29 is 13.9 Å². The Morgan fingerprint density at radius 1 is 1.03 bits per heavy atom. The van der Waals surface area contributed by atoms with Crippen LogP contribution in [0.4, 0.5) is 15.8 Å². The van der Waals surface area contributed by atoms with Crippen molar-refractivity contribution in [1.82, 2.24) is 9.97 Å². The number of nitrogens with one attached hydrogen (secondary N) is 2. The molecular formula is C29H27FN4O3. The van der Waals surface area contributed by atoms with Gasteiger partial charge in [0.1, 0.15) is 11.5 Å². The largest absolute Gasteiger partial charge is 0.456 e. The maximum Gasteiger partial charge on any atom is 0.250 e. The van der Waals surface area contributed by atoms with Crippen molar-refractivity contribution in [2.75, 3.05) is 36.5 Å². The van der Waals surface area contributed by atoms with E-state index in [0.29, 0.717) is 25.3 Å². The normalized spacial score (nSPS) is 15.4. The molecule has 1 saturated heterocycles. The molecule has 1 unspecified atom stereocenters. The molecule has 0 aliphatic carbocycles. The molecule has 2 aliphatic heterocycles. The van der Waals surface area contributed by atoms with Gasteiger partial charge in [0.2, 0.25) is 11.5 Å². The highest BCUT2D eigenvalue weighted by Gasteiger charge is 2.22. The minimum atomic E-state index is -0.491. The molecule has 0 radical (unpaired) electrons. The van der Waals surface area contributed by atoms with Gasteiger partial charge in [-0.1, -0.05) is 18.2 Å². The molecule has 1 fully saturated rings.